The lowest BCUT2D eigenvalue weighted by atomic mass is 10.1. The molecule has 0 fully saturated rings. The van der Waals surface area contributed by atoms with Crippen LogP contribution in [-0.2, 0) is 0 Å². The van der Waals surface area contributed by atoms with Gasteiger partial charge in [0, 0.05) is 0 Å². The monoisotopic (exact) mass is 297 g/mol. The van der Waals surface area contributed by atoms with E-state index >= 15 is 0 Å². The molecule has 0 heterocycles. The summed E-state index contributed by atoms with van der Waals surface area (Å²) in [6.07, 6.45) is 0. The molecule has 0 unspecified atom stereocenters. The van der Waals surface area contributed by atoms with Crippen LogP contribution in [0.2, 0.25) is 0 Å². The first-order valence-electron chi connectivity index (χ1n) is 6.56. The van der Waals surface area contributed by atoms with Gasteiger partial charge in [-0.15, -0.1) is 0 Å². The molecule has 4 nitrogen and oxygen atoms in total. The summed E-state index contributed by atoms with van der Waals surface area (Å²) >= 11 is 0. The summed E-state index contributed by atoms with van der Waals surface area (Å²) in [4.78, 5) is 0. The molecule has 0 saturated carbocycles. The van der Waals surface area contributed by atoms with Gasteiger partial charge in [0.1, 0.15) is 17.2 Å². The van der Waals surface area contributed by atoms with Gasteiger partial charge in [0.2, 0.25) is 0 Å². The van der Waals surface area contributed by atoms with Gasteiger partial charge in [0.05, 0.1) is 33.0 Å². The van der Waals surface area contributed by atoms with Crippen LogP contribution in [0, 0.1) is 11.3 Å². The van der Waals surface area contributed by atoms with Gasteiger partial charge in [-0.2, -0.15) is 5.26 Å². The zero-order valence-corrected chi connectivity index (χ0v) is 13.0. The van der Waals surface area contributed by atoms with Gasteiger partial charge in [0.25, 0.3) is 0 Å². The fourth-order valence-corrected chi connectivity index (χ4v) is 1.57. The van der Waals surface area contributed by atoms with E-state index in [1.54, 1.807) is 33.5 Å². The molecule has 2 rings (SSSR count). The number of rotatable bonds is 4. The Morgan fingerprint density at radius 2 is 1.09 bits per heavy atom. The van der Waals surface area contributed by atoms with Crippen LogP contribution in [0.15, 0.2) is 55.1 Å². The lowest BCUT2D eigenvalue weighted by Crippen LogP contribution is -1.83. The zero-order chi connectivity index (χ0) is 16.4. The van der Waals surface area contributed by atoms with Crippen LogP contribution >= 0.6 is 0 Å². The minimum atomic E-state index is 0.470. The van der Waals surface area contributed by atoms with Crippen molar-refractivity contribution in [1.29, 1.82) is 5.26 Å². The van der Waals surface area contributed by atoms with Crippen molar-refractivity contribution in [2.45, 2.75) is 0 Å². The lowest BCUT2D eigenvalue weighted by molar-refractivity contribution is 0.403. The number of ether oxygens (including phenoxy) is 3. The van der Waals surface area contributed by atoms with Gasteiger partial charge < -0.3 is 14.2 Å². The molecule has 0 aliphatic carbocycles. The van der Waals surface area contributed by atoms with E-state index in [1.165, 1.54) is 0 Å². The Bertz CT molecular complexity index is 602. The Hall–Kier alpha value is -2.93. The average Bonchev–Trinajstić information content (AvgIpc) is 2.61. The molecule has 4 heteroatoms. The van der Waals surface area contributed by atoms with Crippen molar-refractivity contribution < 1.29 is 14.2 Å². The number of hydrogen-bond donors (Lipinski definition) is 0. The van der Waals surface area contributed by atoms with Crippen LogP contribution in [-0.4, -0.2) is 21.3 Å². The maximum atomic E-state index is 8.53. The number of hydrogen-bond acceptors (Lipinski definition) is 4. The highest BCUT2D eigenvalue weighted by molar-refractivity contribution is 5.74. The third kappa shape index (κ3) is 5.22. The first-order valence-corrected chi connectivity index (χ1v) is 6.56. The molecule has 0 atom stereocenters. The average molecular weight is 297 g/mol. The molecular formula is C18H19NO3. The smallest absolute Gasteiger partial charge is 0.119 e. The minimum Gasteiger partial charge on any atom is -0.497 e. The number of nitriles is 1. The SMILES string of the molecule is C=C(C#N)c1ccc(OC)cc1.COc1ccc(OC)cc1. The van der Waals surface area contributed by atoms with E-state index < -0.39 is 0 Å². The molecule has 2 aromatic rings. The molecular weight excluding hydrogens is 278 g/mol. The fourth-order valence-electron chi connectivity index (χ4n) is 1.57. The number of allylic oxidation sites excluding steroid dienone is 1. The maximum Gasteiger partial charge on any atom is 0.119 e. The van der Waals surface area contributed by atoms with Crippen LogP contribution in [0.25, 0.3) is 5.57 Å². The van der Waals surface area contributed by atoms with Gasteiger partial charge in [0.15, 0.2) is 0 Å². The van der Waals surface area contributed by atoms with E-state index in [2.05, 4.69) is 6.58 Å². The molecule has 0 radical (unpaired) electrons. The van der Waals surface area contributed by atoms with Crippen molar-refractivity contribution in [3.63, 3.8) is 0 Å². The molecule has 0 N–H and O–H groups in total. The molecule has 0 aliphatic heterocycles. The van der Waals surface area contributed by atoms with E-state index in [0.717, 1.165) is 22.8 Å². The van der Waals surface area contributed by atoms with Crippen LogP contribution in [0.4, 0.5) is 0 Å². The molecule has 0 aliphatic rings. The topological polar surface area (TPSA) is 51.5 Å². The Kier molecular flexibility index (Phi) is 7.07. The lowest BCUT2D eigenvalue weighted by Gasteiger charge is -2.00. The second-order valence-corrected chi connectivity index (χ2v) is 4.20. The predicted octanol–water partition coefficient (Wildman–Crippen LogP) is 3.94. The van der Waals surface area contributed by atoms with Gasteiger partial charge in [-0.1, -0.05) is 6.58 Å². The Morgan fingerprint density at radius 3 is 1.36 bits per heavy atom. The summed E-state index contributed by atoms with van der Waals surface area (Å²) in [5, 5.41) is 8.53. The van der Waals surface area contributed by atoms with E-state index in [4.69, 9.17) is 19.5 Å². The molecule has 0 spiro atoms. The summed E-state index contributed by atoms with van der Waals surface area (Å²) in [5.74, 6) is 2.48. The van der Waals surface area contributed by atoms with Gasteiger partial charge >= 0.3 is 0 Å². The molecule has 0 aromatic heterocycles. The molecule has 0 bridgehead atoms. The molecule has 22 heavy (non-hydrogen) atoms. The van der Waals surface area contributed by atoms with E-state index in [0.29, 0.717) is 5.57 Å². The number of methoxy groups -OCH3 is 3. The first kappa shape index (κ1) is 17.1. The summed E-state index contributed by atoms with van der Waals surface area (Å²) in [7, 11) is 4.89. The Balaban J connectivity index is 0.000000224. The normalized spacial score (nSPS) is 8.82. The van der Waals surface area contributed by atoms with E-state index in [9.17, 15) is 0 Å². The van der Waals surface area contributed by atoms with Gasteiger partial charge in [-0.3, -0.25) is 0 Å². The third-order valence-corrected chi connectivity index (χ3v) is 2.87. The molecule has 0 amide bonds. The maximum absolute atomic E-state index is 8.53. The number of nitrogens with zero attached hydrogens (tertiary/aromatic N) is 1. The molecule has 114 valence electrons. The van der Waals surface area contributed by atoms with Crippen LogP contribution in [0.3, 0.4) is 0 Å². The van der Waals surface area contributed by atoms with Gasteiger partial charge in [-0.05, 0) is 54.1 Å². The zero-order valence-electron chi connectivity index (χ0n) is 13.0. The third-order valence-electron chi connectivity index (χ3n) is 2.87. The van der Waals surface area contributed by atoms with Crippen molar-refractivity contribution in [1.82, 2.24) is 0 Å². The summed E-state index contributed by atoms with van der Waals surface area (Å²) in [5.41, 5.74) is 1.30. The predicted molar refractivity (Wildman–Crippen MR) is 87.2 cm³/mol. The molecule has 2 aromatic carbocycles. The van der Waals surface area contributed by atoms with Crippen molar-refractivity contribution in [2.75, 3.05) is 21.3 Å². The van der Waals surface area contributed by atoms with E-state index in [-0.39, 0.29) is 0 Å². The number of benzene rings is 2. The van der Waals surface area contributed by atoms with Crippen molar-refractivity contribution in [3.8, 4) is 23.3 Å². The van der Waals surface area contributed by atoms with Crippen molar-refractivity contribution in [2.24, 2.45) is 0 Å². The largest absolute Gasteiger partial charge is 0.497 e. The van der Waals surface area contributed by atoms with Crippen molar-refractivity contribution in [3.05, 3.63) is 60.7 Å². The quantitative estimate of drug-likeness (QED) is 0.802. The molecule has 0 saturated heterocycles. The van der Waals surface area contributed by atoms with Crippen molar-refractivity contribution >= 4 is 5.57 Å². The second-order valence-electron chi connectivity index (χ2n) is 4.20. The highest BCUT2D eigenvalue weighted by Crippen LogP contribution is 2.16. The fraction of sp³-hybridized carbons (Fsp3) is 0.167. The van der Waals surface area contributed by atoms with Crippen LogP contribution in [0.5, 0.6) is 17.2 Å². The van der Waals surface area contributed by atoms with Crippen LogP contribution in [0.1, 0.15) is 5.56 Å². The summed E-state index contributed by atoms with van der Waals surface area (Å²) in [6.45, 7) is 3.60. The first-order chi connectivity index (χ1) is 10.6. The Labute approximate surface area is 131 Å². The standard InChI is InChI=1S/C10H9NO.C8H10O2/c1-8(7-11)9-3-5-10(12-2)6-4-9;1-9-7-3-5-8(10-2)6-4-7/h3-6H,1H2,2H3;3-6H,1-2H3. The summed E-state index contributed by atoms with van der Waals surface area (Å²) < 4.78 is 14.9. The highest BCUT2D eigenvalue weighted by atomic mass is 16.5. The van der Waals surface area contributed by atoms with Crippen LogP contribution < -0.4 is 14.2 Å². The minimum absolute atomic E-state index is 0.470. The summed E-state index contributed by atoms with van der Waals surface area (Å²) in [6, 6.07) is 16.6. The van der Waals surface area contributed by atoms with E-state index in [1.807, 2.05) is 42.5 Å². The Morgan fingerprint density at radius 1 is 0.773 bits per heavy atom. The second kappa shape index (κ2) is 9.09. The highest BCUT2D eigenvalue weighted by Gasteiger charge is 1.96. The van der Waals surface area contributed by atoms with Gasteiger partial charge in [-0.25, -0.2) is 0 Å².